The van der Waals surface area contributed by atoms with Crippen LogP contribution in [0.2, 0.25) is 5.02 Å². The van der Waals surface area contributed by atoms with Gasteiger partial charge in [-0.2, -0.15) is 0 Å². The molecule has 7 heteroatoms. The standard InChI is InChI=1S/C24H25ClN2O4/c1-2-6-19(14-22(28)26-15-18-9-11-20(25)12-10-18)23(29)27-21(16-31-24(27)30)13-17-7-4-3-5-8-17/h2-5,7-12,19,21H,1,6,13-16H2,(H,26,28). The van der Waals surface area contributed by atoms with Crippen LogP contribution in [0.15, 0.2) is 67.3 Å². The zero-order chi connectivity index (χ0) is 22.2. The molecule has 1 fully saturated rings. The summed E-state index contributed by atoms with van der Waals surface area (Å²) in [5.74, 6) is -1.38. The lowest BCUT2D eigenvalue weighted by molar-refractivity contribution is -0.136. The molecule has 0 aromatic heterocycles. The molecule has 1 aliphatic heterocycles. The van der Waals surface area contributed by atoms with Gasteiger partial charge in [-0.3, -0.25) is 9.59 Å². The van der Waals surface area contributed by atoms with Crippen molar-refractivity contribution in [1.82, 2.24) is 10.2 Å². The monoisotopic (exact) mass is 440 g/mol. The number of benzene rings is 2. The van der Waals surface area contributed by atoms with E-state index in [2.05, 4.69) is 11.9 Å². The van der Waals surface area contributed by atoms with Gasteiger partial charge in [-0.05, 0) is 36.1 Å². The number of cyclic esters (lactones) is 1. The van der Waals surface area contributed by atoms with Crippen LogP contribution in [0.1, 0.15) is 24.0 Å². The maximum absolute atomic E-state index is 13.2. The molecule has 1 N–H and O–H groups in total. The van der Waals surface area contributed by atoms with Crippen molar-refractivity contribution in [3.05, 3.63) is 83.4 Å². The summed E-state index contributed by atoms with van der Waals surface area (Å²) in [6, 6.07) is 16.4. The highest BCUT2D eigenvalue weighted by molar-refractivity contribution is 6.30. The summed E-state index contributed by atoms with van der Waals surface area (Å²) >= 11 is 5.87. The number of allylic oxidation sites excluding steroid dienone is 1. The van der Waals surface area contributed by atoms with Gasteiger partial charge in [-0.15, -0.1) is 6.58 Å². The van der Waals surface area contributed by atoms with E-state index in [0.717, 1.165) is 16.0 Å². The van der Waals surface area contributed by atoms with E-state index in [0.29, 0.717) is 18.0 Å². The molecule has 1 heterocycles. The molecule has 0 aliphatic carbocycles. The molecule has 31 heavy (non-hydrogen) atoms. The minimum absolute atomic E-state index is 0.0414. The van der Waals surface area contributed by atoms with Crippen LogP contribution in [-0.2, 0) is 27.3 Å². The summed E-state index contributed by atoms with van der Waals surface area (Å²) < 4.78 is 5.15. The molecule has 3 rings (SSSR count). The van der Waals surface area contributed by atoms with Gasteiger partial charge >= 0.3 is 6.09 Å². The molecule has 2 aromatic carbocycles. The minimum atomic E-state index is -0.688. The van der Waals surface area contributed by atoms with Gasteiger partial charge in [0, 0.05) is 18.0 Å². The fraction of sp³-hybridized carbons (Fsp3) is 0.292. The average Bonchev–Trinajstić information content (AvgIpc) is 3.13. The van der Waals surface area contributed by atoms with E-state index < -0.39 is 24.0 Å². The lowest BCUT2D eigenvalue weighted by atomic mass is 9.97. The van der Waals surface area contributed by atoms with Gasteiger partial charge in [0.15, 0.2) is 0 Å². The number of ether oxygens (including phenoxy) is 1. The third kappa shape index (κ3) is 6.18. The molecule has 2 atom stereocenters. The summed E-state index contributed by atoms with van der Waals surface area (Å²) in [5, 5.41) is 3.43. The van der Waals surface area contributed by atoms with Crippen LogP contribution in [0.3, 0.4) is 0 Å². The first-order valence-electron chi connectivity index (χ1n) is 10.1. The van der Waals surface area contributed by atoms with E-state index in [4.69, 9.17) is 16.3 Å². The number of amides is 3. The molecule has 1 aliphatic rings. The van der Waals surface area contributed by atoms with Crippen molar-refractivity contribution < 1.29 is 19.1 Å². The van der Waals surface area contributed by atoms with Crippen LogP contribution in [0.5, 0.6) is 0 Å². The Morgan fingerprint density at radius 1 is 1.16 bits per heavy atom. The smallest absolute Gasteiger partial charge is 0.416 e. The lowest BCUT2D eigenvalue weighted by Crippen LogP contribution is -2.44. The van der Waals surface area contributed by atoms with Gasteiger partial charge in [-0.1, -0.05) is 60.1 Å². The van der Waals surface area contributed by atoms with Crippen LogP contribution in [-0.4, -0.2) is 35.5 Å². The number of nitrogens with one attached hydrogen (secondary N) is 1. The van der Waals surface area contributed by atoms with Gasteiger partial charge in [0.2, 0.25) is 11.8 Å². The van der Waals surface area contributed by atoms with Crippen molar-refractivity contribution in [2.75, 3.05) is 6.61 Å². The van der Waals surface area contributed by atoms with E-state index in [1.54, 1.807) is 18.2 Å². The van der Waals surface area contributed by atoms with Crippen molar-refractivity contribution in [2.24, 2.45) is 5.92 Å². The van der Waals surface area contributed by atoms with Crippen molar-refractivity contribution in [3.63, 3.8) is 0 Å². The normalized spacial score (nSPS) is 16.5. The highest BCUT2D eigenvalue weighted by atomic mass is 35.5. The molecule has 1 saturated heterocycles. The molecule has 2 aromatic rings. The maximum atomic E-state index is 13.2. The van der Waals surface area contributed by atoms with E-state index in [9.17, 15) is 14.4 Å². The number of imide groups is 1. The third-order valence-corrected chi connectivity index (χ3v) is 5.40. The van der Waals surface area contributed by atoms with Gasteiger partial charge in [0.1, 0.15) is 6.61 Å². The molecule has 0 saturated carbocycles. The number of carbonyl (C=O) groups is 3. The molecule has 3 amide bonds. The summed E-state index contributed by atoms with van der Waals surface area (Å²) in [7, 11) is 0. The third-order valence-electron chi connectivity index (χ3n) is 5.15. The minimum Gasteiger partial charge on any atom is -0.447 e. The SMILES string of the molecule is C=CCC(CC(=O)NCc1ccc(Cl)cc1)C(=O)N1C(=O)OCC1Cc1ccccc1. The zero-order valence-electron chi connectivity index (χ0n) is 17.1. The van der Waals surface area contributed by atoms with Gasteiger partial charge in [0.25, 0.3) is 0 Å². The first-order chi connectivity index (χ1) is 15.0. The van der Waals surface area contributed by atoms with Crippen molar-refractivity contribution in [2.45, 2.75) is 31.8 Å². The van der Waals surface area contributed by atoms with Crippen LogP contribution in [0.4, 0.5) is 4.79 Å². The Bertz CT molecular complexity index is 930. The van der Waals surface area contributed by atoms with Gasteiger partial charge in [0.05, 0.1) is 12.0 Å². The Balaban J connectivity index is 1.63. The topological polar surface area (TPSA) is 75.7 Å². The molecule has 0 spiro atoms. The highest BCUT2D eigenvalue weighted by Crippen LogP contribution is 2.23. The lowest BCUT2D eigenvalue weighted by Gasteiger charge is -2.24. The van der Waals surface area contributed by atoms with E-state index in [-0.39, 0.29) is 25.4 Å². The number of carbonyl (C=O) groups excluding carboxylic acids is 3. The predicted molar refractivity (Wildman–Crippen MR) is 118 cm³/mol. The van der Waals surface area contributed by atoms with Crippen LogP contribution >= 0.6 is 11.6 Å². The van der Waals surface area contributed by atoms with Gasteiger partial charge in [-0.25, -0.2) is 9.69 Å². The molecule has 0 bridgehead atoms. The van der Waals surface area contributed by atoms with Gasteiger partial charge < -0.3 is 10.1 Å². The van der Waals surface area contributed by atoms with Crippen LogP contribution < -0.4 is 5.32 Å². The molecular formula is C24H25ClN2O4. The first-order valence-corrected chi connectivity index (χ1v) is 10.5. The molecule has 162 valence electrons. The highest BCUT2D eigenvalue weighted by Gasteiger charge is 2.40. The Hall–Kier alpha value is -3.12. The zero-order valence-corrected chi connectivity index (χ0v) is 17.9. The summed E-state index contributed by atoms with van der Waals surface area (Å²) in [4.78, 5) is 39.1. The summed E-state index contributed by atoms with van der Waals surface area (Å²) in [5.41, 5.74) is 1.90. The quantitative estimate of drug-likeness (QED) is 0.595. The second kappa shape index (κ2) is 10.8. The van der Waals surface area contributed by atoms with Crippen LogP contribution in [0.25, 0.3) is 0 Å². The Labute approximate surface area is 186 Å². The van der Waals surface area contributed by atoms with E-state index in [1.165, 1.54) is 0 Å². The molecular weight excluding hydrogens is 416 g/mol. The molecule has 2 unspecified atom stereocenters. The number of nitrogens with zero attached hydrogens (tertiary/aromatic N) is 1. The molecule has 6 nitrogen and oxygen atoms in total. The predicted octanol–water partition coefficient (Wildman–Crippen LogP) is 4.13. The van der Waals surface area contributed by atoms with Crippen molar-refractivity contribution in [1.29, 1.82) is 0 Å². The summed E-state index contributed by atoms with van der Waals surface area (Å²) in [6.07, 6.45) is 1.67. The molecule has 0 radical (unpaired) electrons. The number of rotatable bonds is 9. The fourth-order valence-electron chi connectivity index (χ4n) is 3.54. The van der Waals surface area contributed by atoms with E-state index >= 15 is 0 Å². The number of hydrogen-bond donors (Lipinski definition) is 1. The first kappa shape index (κ1) is 22.6. The van der Waals surface area contributed by atoms with Crippen molar-refractivity contribution >= 4 is 29.5 Å². The largest absolute Gasteiger partial charge is 0.447 e. The average molecular weight is 441 g/mol. The van der Waals surface area contributed by atoms with E-state index in [1.807, 2.05) is 42.5 Å². The number of hydrogen-bond acceptors (Lipinski definition) is 4. The fourth-order valence-corrected chi connectivity index (χ4v) is 3.66. The Morgan fingerprint density at radius 3 is 2.55 bits per heavy atom. The Morgan fingerprint density at radius 2 is 1.87 bits per heavy atom. The number of halogens is 1. The van der Waals surface area contributed by atoms with Crippen molar-refractivity contribution in [3.8, 4) is 0 Å². The maximum Gasteiger partial charge on any atom is 0.416 e. The summed E-state index contributed by atoms with van der Waals surface area (Å²) in [6.45, 7) is 4.16. The Kier molecular flexibility index (Phi) is 7.84. The second-order valence-corrected chi connectivity index (χ2v) is 7.89. The second-order valence-electron chi connectivity index (χ2n) is 7.46. The van der Waals surface area contributed by atoms with Crippen LogP contribution in [0, 0.1) is 5.92 Å².